The fraction of sp³-hybridized carbons (Fsp3) is 0.455. The molecule has 1 aliphatic carbocycles. The van der Waals surface area contributed by atoms with E-state index in [1.807, 2.05) is 14.1 Å². The second-order valence-electron chi connectivity index (χ2n) is 12.6. The van der Waals surface area contributed by atoms with E-state index < -0.39 is 10.0 Å². The Hall–Kier alpha value is -4.41. The predicted molar refractivity (Wildman–Crippen MR) is 195 cm³/mol. The minimum Gasteiger partial charge on any atom is -0.354 e. The zero-order valence-electron chi connectivity index (χ0n) is 28.6. The van der Waals surface area contributed by atoms with Crippen molar-refractivity contribution in [1.82, 2.24) is 30.0 Å². The summed E-state index contributed by atoms with van der Waals surface area (Å²) >= 11 is 1.16. The molecule has 0 atom stereocenters. The van der Waals surface area contributed by atoms with Gasteiger partial charge in [0.2, 0.25) is 28.9 Å². The molecule has 2 heterocycles. The Bertz CT molecular complexity index is 1820. The van der Waals surface area contributed by atoms with Crippen molar-refractivity contribution in [3.05, 3.63) is 64.2 Å². The zero-order chi connectivity index (χ0) is 35.0. The average Bonchev–Trinajstić information content (AvgIpc) is 3.48. The standard InChI is InChI=1S/C33H45N11O3S2/c1-21-7-6-8-26(22(21)2)20-36-32-39-30(34-17-18-44(4)5)38-31(40-32)35-19-24-9-11-25(12-10-24)29(45)37-27-13-15-28(16-14-27)49(46,47)43-33-42-41-23(3)48-33/h6-8,13-16,24-25H,9-12,17-20H2,1-5H3,(H,37,45)(H,42,43)(H3,34,35,36,38,39,40)/t24-,25-. The van der Waals surface area contributed by atoms with Crippen molar-refractivity contribution in [3.63, 3.8) is 0 Å². The fourth-order valence-corrected chi connectivity index (χ4v) is 7.34. The molecule has 5 N–H and O–H groups in total. The first-order valence-corrected chi connectivity index (χ1v) is 18.7. The van der Waals surface area contributed by atoms with Crippen LogP contribution in [0.5, 0.6) is 0 Å². The SMILES string of the molecule is Cc1nnc(NS(=O)(=O)c2ccc(NC(=O)[C@H]3CC[C@H](CNc4nc(NCCN(C)C)nc(NCc5cccc(C)c5C)n4)CC3)cc2)s1. The second-order valence-corrected chi connectivity index (χ2v) is 15.5. The van der Waals surface area contributed by atoms with Crippen molar-refractivity contribution in [2.75, 3.05) is 59.7 Å². The van der Waals surface area contributed by atoms with Gasteiger partial charge in [0, 0.05) is 37.8 Å². The fourth-order valence-electron chi connectivity index (χ4n) is 5.52. The Kier molecular flexibility index (Phi) is 12.0. The van der Waals surface area contributed by atoms with Crippen molar-refractivity contribution >= 4 is 55.9 Å². The van der Waals surface area contributed by atoms with Gasteiger partial charge in [-0.1, -0.05) is 29.5 Å². The van der Waals surface area contributed by atoms with Crippen molar-refractivity contribution in [2.24, 2.45) is 11.8 Å². The number of nitrogens with one attached hydrogen (secondary N) is 5. The van der Waals surface area contributed by atoms with Gasteiger partial charge < -0.3 is 26.2 Å². The summed E-state index contributed by atoms with van der Waals surface area (Å²) in [6, 6.07) is 12.4. The van der Waals surface area contributed by atoms with Crippen LogP contribution in [0.1, 0.15) is 47.4 Å². The quantitative estimate of drug-likeness (QED) is 0.113. The molecule has 0 aliphatic heterocycles. The number of rotatable bonds is 15. The summed E-state index contributed by atoms with van der Waals surface area (Å²) in [7, 11) is 0.232. The molecule has 0 unspecified atom stereocenters. The van der Waals surface area contributed by atoms with Crippen LogP contribution in [0.15, 0.2) is 47.4 Å². The number of aryl methyl sites for hydroxylation is 2. The molecule has 0 spiro atoms. The largest absolute Gasteiger partial charge is 0.354 e. The molecule has 4 aromatic rings. The molecule has 1 saturated carbocycles. The molecule has 16 heteroatoms. The highest BCUT2D eigenvalue weighted by Gasteiger charge is 2.27. The van der Waals surface area contributed by atoms with Crippen LogP contribution in [0.4, 0.5) is 28.7 Å². The van der Waals surface area contributed by atoms with Gasteiger partial charge in [-0.15, -0.1) is 10.2 Å². The molecule has 1 fully saturated rings. The van der Waals surface area contributed by atoms with Crippen LogP contribution in [-0.4, -0.2) is 78.1 Å². The molecule has 0 bridgehead atoms. The van der Waals surface area contributed by atoms with E-state index in [4.69, 9.17) is 0 Å². The summed E-state index contributed by atoms with van der Waals surface area (Å²) in [6.45, 7) is 8.80. The van der Waals surface area contributed by atoms with Gasteiger partial charge in [0.05, 0.1) is 4.90 Å². The van der Waals surface area contributed by atoms with E-state index in [0.29, 0.717) is 54.1 Å². The predicted octanol–water partition coefficient (Wildman–Crippen LogP) is 4.89. The molecule has 0 radical (unpaired) electrons. The summed E-state index contributed by atoms with van der Waals surface area (Å²) in [5.74, 6) is 1.70. The van der Waals surface area contributed by atoms with E-state index in [-0.39, 0.29) is 21.9 Å². The summed E-state index contributed by atoms with van der Waals surface area (Å²) in [6.07, 6.45) is 3.28. The molecule has 14 nitrogen and oxygen atoms in total. The molecule has 0 saturated heterocycles. The molecule has 49 heavy (non-hydrogen) atoms. The molecular formula is C33H45N11O3S2. The van der Waals surface area contributed by atoms with Gasteiger partial charge in [-0.25, -0.2) is 8.42 Å². The van der Waals surface area contributed by atoms with E-state index in [0.717, 1.165) is 43.6 Å². The van der Waals surface area contributed by atoms with Gasteiger partial charge in [-0.2, -0.15) is 15.0 Å². The number of hydrogen-bond acceptors (Lipinski definition) is 13. The number of anilines is 5. The van der Waals surface area contributed by atoms with E-state index in [1.54, 1.807) is 19.1 Å². The summed E-state index contributed by atoms with van der Waals surface area (Å²) in [4.78, 5) is 29.1. The van der Waals surface area contributed by atoms with Crippen LogP contribution in [-0.2, 0) is 21.4 Å². The summed E-state index contributed by atoms with van der Waals surface area (Å²) in [5.41, 5.74) is 4.22. The maximum Gasteiger partial charge on any atom is 0.263 e. The van der Waals surface area contributed by atoms with Gasteiger partial charge in [0.1, 0.15) is 5.01 Å². The Morgan fingerprint density at radius 3 is 2.20 bits per heavy atom. The van der Waals surface area contributed by atoms with Crippen LogP contribution >= 0.6 is 11.3 Å². The third-order valence-corrected chi connectivity index (χ3v) is 10.8. The normalized spacial score (nSPS) is 16.3. The number of aromatic nitrogens is 5. The van der Waals surface area contributed by atoms with Crippen molar-refractivity contribution in [2.45, 2.75) is 57.9 Å². The monoisotopic (exact) mass is 707 g/mol. The maximum atomic E-state index is 13.1. The van der Waals surface area contributed by atoms with Gasteiger partial charge in [0.15, 0.2) is 0 Å². The highest BCUT2D eigenvalue weighted by atomic mass is 32.2. The van der Waals surface area contributed by atoms with Crippen LogP contribution in [0.2, 0.25) is 0 Å². The van der Waals surface area contributed by atoms with E-state index in [2.05, 4.69) is 88.1 Å². The third kappa shape index (κ3) is 10.3. The van der Waals surface area contributed by atoms with E-state index in [9.17, 15) is 13.2 Å². The highest BCUT2D eigenvalue weighted by molar-refractivity contribution is 7.93. The minimum atomic E-state index is -3.81. The molecule has 262 valence electrons. The molecule has 1 amide bonds. The Balaban J connectivity index is 1.12. The summed E-state index contributed by atoms with van der Waals surface area (Å²) in [5, 5.41) is 21.6. The number of likely N-dealkylation sites (N-methyl/N-ethyl adjacent to an activating group) is 1. The van der Waals surface area contributed by atoms with Crippen LogP contribution < -0.4 is 26.0 Å². The first-order valence-electron chi connectivity index (χ1n) is 16.4. The minimum absolute atomic E-state index is 0.0602. The number of carbonyl (C=O) groups excluding carboxylic acids is 1. The maximum absolute atomic E-state index is 13.1. The molecule has 5 rings (SSSR count). The smallest absolute Gasteiger partial charge is 0.263 e. The average molecular weight is 708 g/mol. The second kappa shape index (κ2) is 16.3. The van der Waals surface area contributed by atoms with Crippen molar-refractivity contribution in [3.8, 4) is 0 Å². The lowest BCUT2D eigenvalue weighted by Crippen LogP contribution is -2.29. The lowest BCUT2D eigenvalue weighted by atomic mass is 9.81. The first-order chi connectivity index (χ1) is 23.4. The number of nitrogens with zero attached hydrogens (tertiary/aromatic N) is 6. The highest BCUT2D eigenvalue weighted by Crippen LogP contribution is 2.30. The van der Waals surface area contributed by atoms with Crippen LogP contribution in [0.3, 0.4) is 0 Å². The van der Waals surface area contributed by atoms with E-state index in [1.165, 1.54) is 28.8 Å². The Morgan fingerprint density at radius 1 is 0.878 bits per heavy atom. The van der Waals surface area contributed by atoms with Crippen molar-refractivity contribution in [1.29, 1.82) is 0 Å². The number of hydrogen-bond donors (Lipinski definition) is 5. The van der Waals surface area contributed by atoms with Crippen LogP contribution in [0.25, 0.3) is 0 Å². The number of sulfonamides is 1. The van der Waals surface area contributed by atoms with Crippen molar-refractivity contribution < 1.29 is 13.2 Å². The molecule has 1 aliphatic rings. The van der Waals surface area contributed by atoms with Gasteiger partial charge >= 0.3 is 0 Å². The van der Waals surface area contributed by atoms with Gasteiger partial charge in [-0.3, -0.25) is 9.52 Å². The Labute approximate surface area is 292 Å². The first kappa shape index (κ1) is 35.9. The lowest BCUT2D eigenvalue weighted by Gasteiger charge is -2.28. The molecular weight excluding hydrogens is 663 g/mol. The van der Waals surface area contributed by atoms with E-state index >= 15 is 0 Å². The summed E-state index contributed by atoms with van der Waals surface area (Å²) < 4.78 is 27.8. The van der Waals surface area contributed by atoms with Gasteiger partial charge in [0.25, 0.3) is 10.0 Å². The van der Waals surface area contributed by atoms with Crippen LogP contribution in [0, 0.1) is 32.6 Å². The molecule has 2 aromatic carbocycles. The lowest BCUT2D eigenvalue weighted by molar-refractivity contribution is -0.121. The zero-order valence-corrected chi connectivity index (χ0v) is 30.2. The Morgan fingerprint density at radius 2 is 1.55 bits per heavy atom. The number of benzene rings is 2. The third-order valence-electron chi connectivity index (χ3n) is 8.58. The molecule has 2 aromatic heterocycles. The topological polar surface area (TPSA) is 179 Å². The number of carbonyl (C=O) groups is 1. The number of amides is 1. The van der Waals surface area contributed by atoms with Gasteiger partial charge in [-0.05, 0) is 107 Å².